The fraction of sp³-hybridized carbons (Fsp3) is 0.0638. The Morgan fingerprint density at radius 3 is 2.10 bits per heavy atom. The van der Waals surface area contributed by atoms with Crippen LogP contribution in [0, 0.1) is 0 Å². The summed E-state index contributed by atoms with van der Waals surface area (Å²) in [5.74, 6) is 0. The van der Waals surface area contributed by atoms with Crippen molar-refractivity contribution in [2.24, 2.45) is 5.73 Å². The van der Waals surface area contributed by atoms with E-state index in [-0.39, 0.29) is 0 Å². The van der Waals surface area contributed by atoms with E-state index in [4.69, 9.17) is 5.73 Å². The van der Waals surface area contributed by atoms with Gasteiger partial charge in [0, 0.05) is 65.7 Å². The molecule has 9 aromatic rings. The molecule has 0 aliphatic heterocycles. The average Bonchev–Trinajstić information content (AvgIpc) is 3.84. The summed E-state index contributed by atoms with van der Waals surface area (Å²) in [6, 6.07) is 50.9. The van der Waals surface area contributed by atoms with Crippen molar-refractivity contribution in [2.75, 3.05) is 0 Å². The largest absolute Gasteiger partial charge is 0.403 e. The first kappa shape index (κ1) is 31.0. The summed E-state index contributed by atoms with van der Waals surface area (Å²) in [6.07, 6.45) is 10.8. The second-order valence-electron chi connectivity index (χ2n) is 13.4. The summed E-state index contributed by atoms with van der Waals surface area (Å²) in [5, 5.41) is 6.39. The van der Waals surface area contributed by atoms with E-state index in [0.29, 0.717) is 0 Å². The van der Waals surface area contributed by atoms with Crippen LogP contribution >= 0.6 is 23.1 Å². The number of fused-ring (bicyclic) bond motifs is 7. The highest BCUT2D eigenvalue weighted by atomic mass is 32.2. The van der Waals surface area contributed by atoms with Crippen LogP contribution in [-0.4, -0.2) is 9.13 Å². The van der Waals surface area contributed by atoms with E-state index < -0.39 is 0 Å². The molecule has 52 heavy (non-hydrogen) atoms. The monoisotopic (exact) mass is 705 g/mol. The van der Waals surface area contributed by atoms with Gasteiger partial charge in [-0.1, -0.05) is 103 Å². The number of nitrogens with zero attached hydrogens (tertiary/aromatic N) is 2. The van der Waals surface area contributed by atoms with E-state index in [1.165, 1.54) is 85.9 Å². The fourth-order valence-electron chi connectivity index (χ4n) is 8.04. The Bertz CT molecular complexity index is 2980. The molecule has 0 saturated carbocycles. The van der Waals surface area contributed by atoms with Crippen LogP contribution in [0.2, 0.25) is 0 Å². The molecule has 0 amide bonds. The van der Waals surface area contributed by atoms with E-state index in [2.05, 4.69) is 167 Å². The lowest BCUT2D eigenvalue weighted by atomic mass is 10.0. The number of thiophene rings is 1. The zero-order chi connectivity index (χ0) is 34.6. The lowest BCUT2D eigenvalue weighted by molar-refractivity contribution is 0.926. The van der Waals surface area contributed by atoms with Crippen LogP contribution < -0.4 is 15.5 Å². The van der Waals surface area contributed by atoms with Gasteiger partial charge in [-0.05, 0) is 101 Å². The van der Waals surface area contributed by atoms with Gasteiger partial charge in [-0.3, -0.25) is 0 Å². The molecule has 10 rings (SSSR count). The van der Waals surface area contributed by atoms with Gasteiger partial charge in [0.05, 0.1) is 15.6 Å². The molecule has 0 unspecified atom stereocenters. The third-order valence-corrected chi connectivity index (χ3v) is 12.6. The second-order valence-corrected chi connectivity index (χ2v) is 15.6. The number of hydrogen-bond acceptors (Lipinski definition) is 3. The molecule has 0 atom stereocenters. The Hall–Kier alpha value is -5.75. The maximum Gasteiger partial charge on any atom is 0.0541 e. The van der Waals surface area contributed by atoms with Gasteiger partial charge in [-0.2, -0.15) is 0 Å². The molecule has 0 fully saturated rings. The van der Waals surface area contributed by atoms with Crippen molar-refractivity contribution >= 4 is 85.1 Å². The van der Waals surface area contributed by atoms with Crippen molar-refractivity contribution < 1.29 is 0 Å². The standard InChI is InChI=1S/C47H35N3S2/c48-30-47-39(38-17-6-9-20-46(38)52-47)25-26-49-42-18-7-4-15-36(42)40-28-34(21-23-43(40)49)51-35-22-24-45-41(29-35)37-16-5-8-19-44(37)50(45)33-14-10-13-32(27-33)31-11-2-1-3-12-31/h1-5,7-16,18-25,27-30H,6,17,26,48H2/b39-25-,47-30+. The lowest BCUT2D eigenvalue weighted by Crippen LogP contribution is -2.24. The number of allylic oxidation sites excluding steroid dienone is 1. The number of rotatable bonds is 6. The van der Waals surface area contributed by atoms with Gasteiger partial charge in [0.2, 0.25) is 0 Å². The van der Waals surface area contributed by atoms with Crippen LogP contribution in [0.1, 0.15) is 16.9 Å². The van der Waals surface area contributed by atoms with E-state index in [0.717, 1.165) is 23.9 Å². The normalized spacial score (nSPS) is 13.6. The number of nitrogens with two attached hydrogens (primary N) is 1. The fourth-order valence-corrected chi connectivity index (χ4v) is 10.1. The van der Waals surface area contributed by atoms with E-state index >= 15 is 0 Å². The Balaban J connectivity index is 1.03. The van der Waals surface area contributed by atoms with Gasteiger partial charge >= 0.3 is 0 Å². The number of benzene rings is 6. The third kappa shape index (κ3) is 5.19. The Labute approximate surface area is 310 Å². The Morgan fingerprint density at radius 2 is 1.29 bits per heavy atom. The Morgan fingerprint density at radius 1 is 0.635 bits per heavy atom. The predicted octanol–water partition coefficient (Wildman–Crippen LogP) is 10.9. The molecule has 6 aromatic carbocycles. The maximum atomic E-state index is 6.11. The van der Waals surface area contributed by atoms with E-state index in [1.807, 2.05) is 11.8 Å². The topological polar surface area (TPSA) is 35.9 Å². The Kier molecular flexibility index (Phi) is 7.63. The average molecular weight is 706 g/mol. The van der Waals surface area contributed by atoms with Crippen molar-refractivity contribution in [2.45, 2.75) is 29.2 Å². The third-order valence-electron chi connectivity index (χ3n) is 10.4. The van der Waals surface area contributed by atoms with Gasteiger partial charge in [0.15, 0.2) is 0 Å². The SMILES string of the molecule is N/C=c1/sc2c(/c1=C/Cn1c3ccccc3c3cc(Sc4ccc5c(c4)c4ccccc4n5-c4cccc(-c5ccccc5)c4)ccc31)CCC=C2. The highest BCUT2D eigenvalue weighted by molar-refractivity contribution is 7.99. The van der Waals surface area contributed by atoms with E-state index in [9.17, 15) is 0 Å². The highest BCUT2D eigenvalue weighted by Gasteiger charge is 2.16. The molecule has 2 N–H and O–H groups in total. The molecule has 0 radical (unpaired) electrons. The molecule has 5 heteroatoms. The van der Waals surface area contributed by atoms with Crippen LogP contribution in [0.25, 0.3) is 78.8 Å². The minimum atomic E-state index is 0.791. The zero-order valence-electron chi connectivity index (χ0n) is 28.5. The first-order valence-corrected chi connectivity index (χ1v) is 19.4. The summed E-state index contributed by atoms with van der Waals surface area (Å²) >= 11 is 3.63. The van der Waals surface area contributed by atoms with Crippen molar-refractivity contribution in [1.29, 1.82) is 0 Å². The van der Waals surface area contributed by atoms with Crippen molar-refractivity contribution in [3.8, 4) is 16.8 Å². The maximum absolute atomic E-state index is 6.11. The molecular formula is C47H35N3S2. The quantitative estimate of drug-likeness (QED) is 0.187. The molecule has 3 aromatic heterocycles. The molecular weight excluding hydrogens is 671 g/mol. The van der Waals surface area contributed by atoms with Gasteiger partial charge in [0.25, 0.3) is 0 Å². The van der Waals surface area contributed by atoms with Gasteiger partial charge in [-0.15, -0.1) is 11.3 Å². The van der Waals surface area contributed by atoms with Crippen LogP contribution in [-0.2, 0) is 13.0 Å². The van der Waals surface area contributed by atoms with Gasteiger partial charge < -0.3 is 14.9 Å². The summed E-state index contributed by atoms with van der Waals surface area (Å²) in [7, 11) is 0. The van der Waals surface area contributed by atoms with E-state index in [1.54, 1.807) is 17.5 Å². The minimum Gasteiger partial charge on any atom is -0.403 e. The van der Waals surface area contributed by atoms with Gasteiger partial charge in [0.1, 0.15) is 0 Å². The molecule has 3 nitrogen and oxygen atoms in total. The first-order chi connectivity index (χ1) is 25.7. The predicted molar refractivity (Wildman–Crippen MR) is 224 cm³/mol. The minimum absolute atomic E-state index is 0.791. The summed E-state index contributed by atoms with van der Waals surface area (Å²) in [4.78, 5) is 3.81. The molecule has 0 spiro atoms. The van der Waals surface area contributed by atoms with Gasteiger partial charge in [-0.25, -0.2) is 0 Å². The zero-order valence-corrected chi connectivity index (χ0v) is 30.1. The number of para-hydroxylation sites is 2. The van der Waals surface area contributed by atoms with Crippen molar-refractivity contribution in [1.82, 2.24) is 9.13 Å². The van der Waals surface area contributed by atoms with Crippen molar-refractivity contribution in [3.63, 3.8) is 0 Å². The molecule has 3 heterocycles. The summed E-state index contributed by atoms with van der Waals surface area (Å²) in [6.45, 7) is 0.791. The molecule has 0 saturated heterocycles. The first-order valence-electron chi connectivity index (χ1n) is 17.8. The second kappa shape index (κ2) is 12.8. The number of hydrogen-bond donors (Lipinski definition) is 1. The number of aromatic nitrogens is 2. The molecule has 0 bridgehead atoms. The summed E-state index contributed by atoms with van der Waals surface area (Å²) < 4.78 is 6.02. The molecule has 1 aliphatic rings. The van der Waals surface area contributed by atoms with Crippen LogP contribution in [0.4, 0.5) is 0 Å². The molecule has 1 aliphatic carbocycles. The highest BCUT2D eigenvalue weighted by Crippen LogP contribution is 2.39. The molecule has 250 valence electrons. The lowest BCUT2D eigenvalue weighted by Gasteiger charge is -2.11. The smallest absolute Gasteiger partial charge is 0.0541 e. The van der Waals surface area contributed by atoms with Crippen LogP contribution in [0.5, 0.6) is 0 Å². The van der Waals surface area contributed by atoms with Crippen LogP contribution in [0.15, 0.2) is 155 Å². The van der Waals surface area contributed by atoms with Crippen LogP contribution in [0.3, 0.4) is 0 Å². The van der Waals surface area contributed by atoms with Crippen molar-refractivity contribution in [3.05, 3.63) is 166 Å². The summed E-state index contributed by atoms with van der Waals surface area (Å²) in [5.41, 5.74) is 16.1.